The van der Waals surface area contributed by atoms with Crippen LogP contribution in [0, 0.1) is 0 Å². The number of nitrogens with one attached hydrogen (secondary N) is 2. The number of aromatic amines is 1. The van der Waals surface area contributed by atoms with Gasteiger partial charge in [-0.15, -0.1) is 0 Å². The second-order valence-corrected chi connectivity index (χ2v) is 7.66. The summed E-state index contributed by atoms with van der Waals surface area (Å²) in [5, 5.41) is 9.84. The van der Waals surface area contributed by atoms with E-state index in [1.807, 2.05) is 26.0 Å². The molecule has 1 saturated heterocycles. The highest BCUT2D eigenvalue weighted by molar-refractivity contribution is 6.29. The number of amides is 1. The molecule has 1 fully saturated rings. The van der Waals surface area contributed by atoms with Crippen molar-refractivity contribution in [1.82, 2.24) is 20.5 Å². The van der Waals surface area contributed by atoms with E-state index < -0.39 is 5.83 Å². The third-order valence-electron chi connectivity index (χ3n) is 4.90. The number of allylic oxidation sites excluding steroid dienone is 5. The molecule has 0 saturated carbocycles. The van der Waals surface area contributed by atoms with Gasteiger partial charge in [-0.2, -0.15) is 5.10 Å². The molecule has 0 aromatic carbocycles. The lowest BCUT2D eigenvalue weighted by atomic mass is 10.0. The molecule has 8 nitrogen and oxygen atoms in total. The van der Waals surface area contributed by atoms with Crippen molar-refractivity contribution in [3.8, 4) is 0 Å². The summed E-state index contributed by atoms with van der Waals surface area (Å²) in [5.41, 5.74) is 6.38. The first kappa shape index (κ1) is 33.5. The quantitative estimate of drug-likeness (QED) is 0.250. The molecule has 1 amide bonds. The van der Waals surface area contributed by atoms with Crippen LogP contribution in [-0.4, -0.2) is 53.2 Å². The van der Waals surface area contributed by atoms with Crippen LogP contribution in [0.4, 0.5) is 20.3 Å². The summed E-state index contributed by atoms with van der Waals surface area (Å²) in [7, 11) is 0.500. The normalized spacial score (nSPS) is 13.6. The zero-order valence-electron chi connectivity index (χ0n) is 22.0. The van der Waals surface area contributed by atoms with Gasteiger partial charge in [-0.25, -0.2) is 9.37 Å². The number of hydrogen-bond donors (Lipinski definition) is 3. The number of aromatic nitrogens is 3. The monoisotopic (exact) mass is 538 g/mol. The lowest BCUT2D eigenvalue weighted by Gasteiger charge is -2.33. The van der Waals surface area contributed by atoms with Crippen LogP contribution < -0.4 is 16.0 Å². The maximum absolute atomic E-state index is 12.8. The highest BCUT2D eigenvalue weighted by Gasteiger charge is 2.23. The van der Waals surface area contributed by atoms with Crippen LogP contribution in [0.1, 0.15) is 51.0 Å². The first-order valence-corrected chi connectivity index (χ1v) is 12.2. The molecule has 4 N–H and O–H groups in total. The second kappa shape index (κ2) is 18.7. The Kier molecular flexibility index (Phi) is 16.9. The molecule has 204 valence electrons. The molecule has 0 bridgehead atoms. The van der Waals surface area contributed by atoms with Gasteiger partial charge < -0.3 is 16.0 Å². The Bertz CT molecular complexity index is 1050. The largest absolute Gasteiger partial charge is 0.396 e. The zero-order valence-corrected chi connectivity index (χ0v) is 22.8. The summed E-state index contributed by atoms with van der Waals surface area (Å²) in [6.45, 7) is 12.0. The van der Waals surface area contributed by atoms with E-state index in [2.05, 4.69) is 32.0 Å². The Balaban J connectivity index is 0.000000735. The standard InChI is InChI=1S/C14H17ClN6O.C9H11FO.C2H6.CH3F/c15-11-2-1-3-12(19-11)21-6-4-9(5-7-21)18-14(22)13-10(16)8-17-20-13;1-4-6-9(10)8(5-2)7(3)11;2*1-2/h1-3,8-9H,4-7,16H2,(H,17,20)(H,18,22);4-6H,2H2,1,3H3;1-2H3;1H3/b;6-4-,9-8-;;. The number of hydrogen-bond acceptors (Lipinski definition) is 6. The topological polar surface area (TPSA) is 117 Å². The summed E-state index contributed by atoms with van der Waals surface area (Å²) in [6, 6.07) is 5.70. The van der Waals surface area contributed by atoms with E-state index in [1.165, 1.54) is 31.3 Å². The fourth-order valence-corrected chi connectivity index (χ4v) is 3.37. The number of piperidine rings is 1. The Morgan fingerprint density at radius 1 is 1.27 bits per heavy atom. The number of rotatable bonds is 6. The summed E-state index contributed by atoms with van der Waals surface area (Å²) >= 11 is 5.92. The maximum atomic E-state index is 12.8. The molecule has 37 heavy (non-hydrogen) atoms. The predicted molar refractivity (Wildman–Crippen MR) is 147 cm³/mol. The lowest BCUT2D eigenvalue weighted by Crippen LogP contribution is -2.45. The highest BCUT2D eigenvalue weighted by Crippen LogP contribution is 2.20. The number of H-pyrrole nitrogens is 1. The minimum atomic E-state index is -0.532. The van der Waals surface area contributed by atoms with Gasteiger partial charge in [0.2, 0.25) is 0 Å². The predicted octanol–water partition coefficient (Wildman–Crippen LogP) is 5.61. The molecule has 0 aliphatic carbocycles. The molecular formula is C26H37ClF2N6O2. The van der Waals surface area contributed by atoms with Gasteiger partial charge in [0, 0.05) is 19.1 Å². The third-order valence-corrected chi connectivity index (χ3v) is 5.11. The van der Waals surface area contributed by atoms with Gasteiger partial charge in [0.05, 0.1) is 24.6 Å². The highest BCUT2D eigenvalue weighted by atomic mass is 35.5. The van der Waals surface area contributed by atoms with E-state index in [4.69, 9.17) is 17.3 Å². The molecule has 0 atom stereocenters. The zero-order chi connectivity index (χ0) is 28.4. The third kappa shape index (κ3) is 11.4. The van der Waals surface area contributed by atoms with E-state index in [0.717, 1.165) is 31.7 Å². The van der Waals surface area contributed by atoms with Crippen LogP contribution >= 0.6 is 11.6 Å². The van der Waals surface area contributed by atoms with Crippen molar-refractivity contribution in [3.05, 3.63) is 71.4 Å². The molecule has 2 aromatic heterocycles. The van der Waals surface area contributed by atoms with Gasteiger partial charge >= 0.3 is 0 Å². The van der Waals surface area contributed by atoms with Gasteiger partial charge in [-0.1, -0.05) is 50.2 Å². The SMILES string of the molecule is C=C/C(C(C)=O)=C(F)\C=C/C.CC.CF.Nc1cn[nH]c1C(=O)NC1CCN(c2cccc(Cl)n2)CC1. The fraction of sp³-hybridized carbons (Fsp3) is 0.385. The molecule has 0 radical (unpaired) electrons. The first-order valence-electron chi connectivity index (χ1n) is 11.8. The first-order chi connectivity index (χ1) is 17.8. The molecule has 11 heteroatoms. The van der Waals surface area contributed by atoms with E-state index in [9.17, 15) is 18.4 Å². The fourth-order valence-electron chi connectivity index (χ4n) is 3.21. The van der Waals surface area contributed by atoms with Crippen LogP contribution in [0.3, 0.4) is 0 Å². The molecule has 1 aliphatic heterocycles. The van der Waals surface area contributed by atoms with Gasteiger partial charge in [0.25, 0.3) is 5.91 Å². The molecule has 2 aromatic rings. The Morgan fingerprint density at radius 2 is 1.89 bits per heavy atom. The van der Waals surface area contributed by atoms with Crippen molar-refractivity contribution in [2.24, 2.45) is 0 Å². The number of nitrogen functional groups attached to an aromatic ring is 1. The maximum Gasteiger partial charge on any atom is 0.271 e. The summed E-state index contributed by atoms with van der Waals surface area (Å²) in [6.07, 6.45) is 7.10. The molecule has 3 rings (SSSR count). The van der Waals surface area contributed by atoms with Crippen molar-refractivity contribution in [1.29, 1.82) is 0 Å². The summed E-state index contributed by atoms with van der Waals surface area (Å²) in [4.78, 5) is 29.2. The van der Waals surface area contributed by atoms with Crippen LogP contribution in [0.15, 0.2) is 60.6 Å². The van der Waals surface area contributed by atoms with Gasteiger partial charge in [0.15, 0.2) is 5.78 Å². The number of Topliss-reactive ketones (excluding diaryl/α,β-unsaturated/α-hetero) is 1. The van der Waals surface area contributed by atoms with Gasteiger partial charge in [-0.3, -0.25) is 19.1 Å². The Labute approximate surface area is 222 Å². The number of ketones is 1. The average Bonchev–Trinajstić information content (AvgIpc) is 3.34. The molecule has 3 heterocycles. The van der Waals surface area contributed by atoms with Crippen LogP contribution in [0.2, 0.25) is 5.15 Å². The minimum absolute atomic E-state index is 0.0306. The summed E-state index contributed by atoms with van der Waals surface area (Å²) < 4.78 is 22.3. The number of alkyl halides is 1. The van der Waals surface area contributed by atoms with Crippen molar-refractivity contribution < 1.29 is 18.4 Å². The van der Waals surface area contributed by atoms with Crippen LogP contribution in [0.25, 0.3) is 0 Å². The van der Waals surface area contributed by atoms with Gasteiger partial charge in [-0.05, 0) is 44.9 Å². The Morgan fingerprint density at radius 3 is 2.35 bits per heavy atom. The van der Waals surface area contributed by atoms with Crippen molar-refractivity contribution in [2.45, 2.75) is 46.6 Å². The molecule has 0 unspecified atom stereocenters. The van der Waals surface area contributed by atoms with Crippen molar-refractivity contribution in [2.75, 3.05) is 30.9 Å². The van der Waals surface area contributed by atoms with Gasteiger partial charge in [0.1, 0.15) is 22.5 Å². The molecule has 1 aliphatic rings. The number of nitrogens with two attached hydrogens (primary N) is 1. The summed E-state index contributed by atoms with van der Waals surface area (Å²) in [5.74, 6) is -0.185. The molecule has 0 spiro atoms. The van der Waals surface area contributed by atoms with Crippen LogP contribution in [-0.2, 0) is 4.79 Å². The van der Waals surface area contributed by atoms with E-state index in [-0.39, 0.29) is 23.3 Å². The van der Waals surface area contributed by atoms with Crippen molar-refractivity contribution >= 4 is 34.8 Å². The molecular weight excluding hydrogens is 502 g/mol. The number of nitrogens with zero attached hydrogens (tertiary/aromatic N) is 3. The number of anilines is 2. The second-order valence-electron chi connectivity index (χ2n) is 7.28. The van der Waals surface area contributed by atoms with E-state index in [1.54, 1.807) is 13.0 Å². The number of carbonyl (C=O) groups is 2. The van der Waals surface area contributed by atoms with E-state index in [0.29, 0.717) is 23.7 Å². The number of carbonyl (C=O) groups excluding carboxylic acids is 2. The average molecular weight is 539 g/mol. The van der Waals surface area contributed by atoms with Crippen LogP contribution in [0.5, 0.6) is 0 Å². The smallest absolute Gasteiger partial charge is 0.271 e. The Hall–Kier alpha value is -3.53. The lowest BCUT2D eigenvalue weighted by molar-refractivity contribution is -0.113. The van der Waals surface area contributed by atoms with E-state index >= 15 is 0 Å². The number of pyridine rings is 1. The van der Waals surface area contributed by atoms with Crippen molar-refractivity contribution in [3.63, 3.8) is 0 Å². The number of halogens is 3. The minimum Gasteiger partial charge on any atom is -0.396 e.